The Balaban J connectivity index is 0.000000224. The van der Waals surface area contributed by atoms with E-state index in [1.807, 2.05) is 64.1 Å². The third-order valence-corrected chi connectivity index (χ3v) is 4.37. The van der Waals surface area contributed by atoms with E-state index in [1.165, 1.54) is 11.1 Å². The molecule has 0 spiro atoms. The topological polar surface area (TPSA) is 58.9 Å². The molecular formula is C26H34O4. The summed E-state index contributed by atoms with van der Waals surface area (Å²) in [7, 11) is 1.68. The van der Waals surface area contributed by atoms with E-state index in [0.717, 1.165) is 36.5 Å². The number of phenolic OH excluding ortho intramolecular Hbond substituents is 2. The largest absolute Gasteiger partial charge is 0.508 e. The molecule has 0 radical (unpaired) electrons. The van der Waals surface area contributed by atoms with Crippen LogP contribution in [0.4, 0.5) is 0 Å². The number of rotatable bonds is 1. The quantitative estimate of drug-likeness (QED) is 0.484. The second-order valence-corrected chi connectivity index (χ2v) is 6.46. The minimum absolute atomic E-state index is 0.322. The minimum atomic E-state index is 0.322. The fraction of sp³-hybridized carbons (Fsp3) is 0.308. The van der Waals surface area contributed by atoms with Crippen LogP contribution in [0.15, 0.2) is 66.7 Å². The Morgan fingerprint density at radius 3 is 2.00 bits per heavy atom. The number of ether oxygens (including phenoxy) is 2. The maximum Gasteiger partial charge on any atom is 0.129 e. The van der Waals surface area contributed by atoms with Crippen molar-refractivity contribution in [3.8, 4) is 23.0 Å². The van der Waals surface area contributed by atoms with Crippen molar-refractivity contribution in [1.82, 2.24) is 0 Å². The van der Waals surface area contributed by atoms with Crippen molar-refractivity contribution in [1.29, 1.82) is 0 Å². The molecule has 0 fully saturated rings. The number of para-hydroxylation sites is 2. The van der Waals surface area contributed by atoms with E-state index in [0.29, 0.717) is 11.5 Å². The summed E-state index contributed by atoms with van der Waals surface area (Å²) in [6.45, 7) is 8.69. The third kappa shape index (κ3) is 8.08. The number of benzene rings is 3. The van der Waals surface area contributed by atoms with E-state index in [1.54, 1.807) is 37.4 Å². The monoisotopic (exact) mass is 410 g/mol. The molecule has 4 nitrogen and oxygen atoms in total. The maximum absolute atomic E-state index is 9.40. The summed E-state index contributed by atoms with van der Waals surface area (Å²) in [5.74, 6) is 2.50. The van der Waals surface area contributed by atoms with Crippen molar-refractivity contribution in [2.24, 2.45) is 0 Å². The van der Waals surface area contributed by atoms with E-state index in [9.17, 15) is 5.11 Å². The van der Waals surface area contributed by atoms with Crippen LogP contribution >= 0.6 is 0 Å². The van der Waals surface area contributed by atoms with Crippen LogP contribution in [0.2, 0.25) is 0 Å². The van der Waals surface area contributed by atoms with Crippen LogP contribution in [0.25, 0.3) is 0 Å². The number of aryl methyl sites for hydroxylation is 2. The molecule has 3 aromatic rings. The Hall–Kier alpha value is -3.14. The molecule has 1 heterocycles. The molecule has 4 heteroatoms. The van der Waals surface area contributed by atoms with Gasteiger partial charge in [0.25, 0.3) is 0 Å². The molecule has 0 bridgehead atoms. The number of fused-ring (bicyclic) bond motifs is 1. The van der Waals surface area contributed by atoms with Crippen LogP contribution in [-0.2, 0) is 6.42 Å². The Labute approximate surface area is 180 Å². The lowest BCUT2D eigenvalue weighted by atomic mass is 10.0. The van der Waals surface area contributed by atoms with Gasteiger partial charge in [0.2, 0.25) is 0 Å². The van der Waals surface area contributed by atoms with Gasteiger partial charge in [-0.3, -0.25) is 0 Å². The average molecular weight is 411 g/mol. The van der Waals surface area contributed by atoms with Crippen LogP contribution in [-0.4, -0.2) is 23.9 Å². The fourth-order valence-corrected chi connectivity index (χ4v) is 2.79. The highest BCUT2D eigenvalue weighted by molar-refractivity contribution is 5.49. The van der Waals surface area contributed by atoms with Crippen LogP contribution in [0.5, 0.6) is 23.0 Å². The number of hydrogen-bond acceptors (Lipinski definition) is 4. The molecule has 0 amide bonds. The van der Waals surface area contributed by atoms with Crippen LogP contribution < -0.4 is 9.47 Å². The highest BCUT2D eigenvalue weighted by atomic mass is 16.5. The van der Waals surface area contributed by atoms with Crippen molar-refractivity contribution in [3.05, 3.63) is 83.4 Å². The van der Waals surface area contributed by atoms with E-state index in [4.69, 9.17) is 14.6 Å². The molecule has 0 aromatic heterocycles. The molecule has 0 aliphatic carbocycles. The van der Waals surface area contributed by atoms with Crippen LogP contribution in [0.3, 0.4) is 0 Å². The second-order valence-electron chi connectivity index (χ2n) is 6.46. The van der Waals surface area contributed by atoms with Crippen molar-refractivity contribution in [3.63, 3.8) is 0 Å². The maximum atomic E-state index is 9.40. The summed E-state index contributed by atoms with van der Waals surface area (Å²) in [5, 5.41) is 18.0. The molecule has 1 aliphatic heterocycles. The van der Waals surface area contributed by atoms with Gasteiger partial charge in [-0.15, -0.1) is 0 Å². The van der Waals surface area contributed by atoms with Crippen molar-refractivity contribution >= 4 is 0 Å². The normalized spacial score (nSPS) is 11.0. The average Bonchev–Trinajstić information content (AvgIpc) is 2.80. The van der Waals surface area contributed by atoms with Crippen LogP contribution in [0, 0.1) is 13.8 Å². The molecule has 2 N–H and O–H groups in total. The van der Waals surface area contributed by atoms with Gasteiger partial charge in [0, 0.05) is 5.56 Å². The Morgan fingerprint density at radius 1 is 0.833 bits per heavy atom. The van der Waals surface area contributed by atoms with Gasteiger partial charge in [0.05, 0.1) is 13.7 Å². The van der Waals surface area contributed by atoms with Crippen molar-refractivity contribution in [2.45, 2.75) is 40.5 Å². The summed E-state index contributed by atoms with van der Waals surface area (Å²) in [4.78, 5) is 0. The minimum Gasteiger partial charge on any atom is -0.508 e. The zero-order valence-corrected chi connectivity index (χ0v) is 18.7. The summed E-state index contributed by atoms with van der Waals surface area (Å²) in [6, 6.07) is 20.3. The van der Waals surface area contributed by atoms with Gasteiger partial charge in [0.15, 0.2) is 0 Å². The summed E-state index contributed by atoms with van der Waals surface area (Å²) < 4.78 is 10.5. The first-order valence-electron chi connectivity index (χ1n) is 10.3. The lowest BCUT2D eigenvalue weighted by molar-refractivity contribution is 0.284. The van der Waals surface area contributed by atoms with Crippen molar-refractivity contribution < 1.29 is 19.7 Å². The Kier molecular flexibility index (Phi) is 11.6. The predicted molar refractivity (Wildman–Crippen MR) is 124 cm³/mol. The number of methoxy groups -OCH3 is 1. The smallest absolute Gasteiger partial charge is 0.129 e. The Bertz CT molecular complexity index is 860. The van der Waals surface area contributed by atoms with Gasteiger partial charge in [-0.25, -0.2) is 0 Å². The molecule has 1 aliphatic rings. The molecule has 4 rings (SSSR count). The van der Waals surface area contributed by atoms with Crippen molar-refractivity contribution in [2.75, 3.05) is 13.7 Å². The zero-order chi connectivity index (χ0) is 22.4. The highest BCUT2D eigenvalue weighted by Gasteiger charge is 2.14. The van der Waals surface area contributed by atoms with Gasteiger partial charge in [-0.05, 0) is 62.1 Å². The number of phenols is 2. The van der Waals surface area contributed by atoms with Crippen LogP contribution in [0.1, 0.15) is 37.0 Å². The molecule has 3 aromatic carbocycles. The molecule has 0 atom stereocenters. The first-order chi connectivity index (χ1) is 14.5. The first kappa shape index (κ1) is 24.9. The molecule has 0 unspecified atom stereocenters. The van der Waals surface area contributed by atoms with E-state index < -0.39 is 0 Å². The van der Waals surface area contributed by atoms with Gasteiger partial charge in [0.1, 0.15) is 23.0 Å². The standard InChI is InChI=1S/C10H12O2.C8H10O.C6H6O.C2H6/c1-7-9(11)5-4-8-3-2-6-12-10(7)8;1-7-5-3-4-6-8(7)9-2;7-6-4-2-1-3-5-6;1-2/h4-5,11H,2-3,6H2,1H3;3-6H,1-2H3;1-5,7H;1-2H3. The van der Waals surface area contributed by atoms with Gasteiger partial charge >= 0.3 is 0 Å². The fourth-order valence-electron chi connectivity index (χ4n) is 2.79. The van der Waals surface area contributed by atoms with Gasteiger partial charge < -0.3 is 19.7 Å². The third-order valence-electron chi connectivity index (χ3n) is 4.37. The molecule has 0 saturated carbocycles. The highest BCUT2D eigenvalue weighted by Crippen LogP contribution is 2.33. The van der Waals surface area contributed by atoms with E-state index in [-0.39, 0.29) is 0 Å². The summed E-state index contributed by atoms with van der Waals surface area (Å²) in [5.41, 5.74) is 3.27. The van der Waals surface area contributed by atoms with E-state index in [2.05, 4.69) is 0 Å². The predicted octanol–water partition coefficient (Wildman–Crippen LogP) is 6.45. The SMILES string of the molecule is CC.COc1ccccc1C.Cc1c(O)ccc2c1OCCC2.Oc1ccccc1. The molecule has 30 heavy (non-hydrogen) atoms. The van der Waals surface area contributed by atoms with Gasteiger partial charge in [-0.1, -0.05) is 56.3 Å². The molecule has 162 valence electrons. The second kappa shape index (κ2) is 13.9. The number of hydrogen-bond donors (Lipinski definition) is 2. The van der Waals surface area contributed by atoms with Gasteiger partial charge in [-0.2, -0.15) is 0 Å². The number of aromatic hydroxyl groups is 2. The lowest BCUT2D eigenvalue weighted by Gasteiger charge is -2.19. The Morgan fingerprint density at radius 2 is 1.47 bits per heavy atom. The summed E-state index contributed by atoms with van der Waals surface area (Å²) in [6.07, 6.45) is 2.15. The van der Waals surface area contributed by atoms with E-state index >= 15 is 0 Å². The molecular weight excluding hydrogens is 376 g/mol. The zero-order valence-electron chi connectivity index (χ0n) is 18.7. The summed E-state index contributed by atoms with van der Waals surface area (Å²) >= 11 is 0. The lowest BCUT2D eigenvalue weighted by Crippen LogP contribution is -2.09. The molecule has 0 saturated heterocycles. The first-order valence-corrected chi connectivity index (χ1v) is 10.3.